The fourth-order valence-corrected chi connectivity index (χ4v) is 6.67. The number of nitrogens with zero attached hydrogens (tertiary/aromatic N) is 3. The first kappa shape index (κ1) is 33.8. The molecule has 0 spiro atoms. The number of carbonyl (C=O) groups is 5. The maximum atomic E-state index is 12.8. The minimum atomic E-state index is -0.279. The molecule has 0 aromatic heterocycles. The molecule has 1 heterocycles. The summed E-state index contributed by atoms with van der Waals surface area (Å²) in [6.45, 7) is 4.02. The summed E-state index contributed by atoms with van der Waals surface area (Å²) in [5.41, 5.74) is 0. The van der Waals surface area contributed by atoms with Crippen LogP contribution in [0.2, 0.25) is 0 Å². The molecule has 1 saturated carbocycles. The third-order valence-electron chi connectivity index (χ3n) is 7.69. The molecule has 0 bridgehead atoms. The molecule has 39 heavy (non-hydrogen) atoms. The van der Waals surface area contributed by atoms with Gasteiger partial charge in [-0.15, -0.1) is 11.8 Å². The zero-order valence-corrected chi connectivity index (χ0v) is 25.7. The number of thioether (sulfide) groups is 1. The van der Waals surface area contributed by atoms with Gasteiger partial charge in [-0.05, 0) is 25.5 Å². The van der Waals surface area contributed by atoms with Crippen LogP contribution in [-0.2, 0) is 24.0 Å². The second-order valence-corrected chi connectivity index (χ2v) is 12.3. The van der Waals surface area contributed by atoms with E-state index < -0.39 is 0 Å². The standard InChI is InChI=1S/C27H46BN4O5PS/c1-3-32-25(35)19-24(27(32)37)39-18-10-12-20(33)11-5-4-8-16-31(2)17-9-15-23(34)21-13-6-7-14-22(21)26(36)29-28-30-38/h21-22,24H,3-19,38H2,1-2H3,(H,29,36)/t21?,22-,24?/m1/s1. The molecule has 0 aromatic carbocycles. The van der Waals surface area contributed by atoms with Crippen LogP contribution in [0.5, 0.6) is 0 Å². The summed E-state index contributed by atoms with van der Waals surface area (Å²) < 4.78 is 3.72. The Morgan fingerprint density at radius 1 is 1.03 bits per heavy atom. The Hall–Kier alpha value is -1.45. The summed E-state index contributed by atoms with van der Waals surface area (Å²) >= 11 is 1.50. The third kappa shape index (κ3) is 11.9. The number of imide groups is 1. The van der Waals surface area contributed by atoms with Crippen LogP contribution >= 0.6 is 21.2 Å². The zero-order chi connectivity index (χ0) is 28.6. The van der Waals surface area contributed by atoms with Crippen molar-refractivity contribution in [2.75, 3.05) is 32.4 Å². The van der Waals surface area contributed by atoms with Crippen molar-refractivity contribution in [1.29, 1.82) is 0 Å². The Balaban J connectivity index is 1.50. The van der Waals surface area contributed by atoms with Crippen LogP contribution < -0.4 is 5.23 Å². The van der Waals surface area contributed by atoms with Crippen molar-refractivity contribution < 1.29 is 24.0 Å². The molecule has 9 nitrogen and oxygen atoms in total. The molecule has 0 aromatic rings. The molecule has 2 rings (SSSR count). The van der Waals surface area contributed by atoms with E-state index in [1.165, 1.54) is 23.9 Å². The van der Waals surface area contributed by atoms with Crippen LogP contribution in [0.3, 0.4) is 0 Å². The first-order chi connectivity index (χ1) is 18.8. The molecule has 218 valence electrons. The maximum absolute atomic E-state index is 12.8. The van der Waals surface area contributed by atoms with E-state index in [9.17, 15) is 24.0 Å². The average Bonchev–Trinajstić information content (AvgIpc) is 3.20. The predicted molar refractivity (Wildman–Crippen MR) is 159 cm³/mol. The van der Waals surface area contributed by atoms with Crippen molar-refractivity contribution in [2.45, 2.75) is 95.6 Å². The van der Waals surface area contributed by atoms with E-state index in [1.54, 1.807) is 0 Å². The van der Waals surface area contributed by atoms with Gasteiger partial charge in [-0.1, -0.05) is 0 Å². The van der Waals surface area contributed by atoms with Crippen molar-refractivity contribution in [2.24, 2.45) is 16.5 Å². The van der Waals surface area contributed by atoms with E-state index in [4.69, 9.17) is 0 Å². The Labute approximate surface area is 241 Å². The number of amides is 3. The van der Waals surface area contributed by atoms with Gasteiger partial charge in [0.05, 0.1) is 5.25 Å². The van der Waals surface area contributed by atoms with E-state index in [0.29, 0.717) is 25.8 Å². The van der Waals surface area contributed by atoms with Crippen LogP contribution in [0.1, 0.15) is 90.4 Å². The van der Waals surface area contributed by atoms with Crippen LogP contribution in [0.15, 0.2) is 4.67 Å². The topological polar surface area (TPSA) is 116 Å². The number of rotatable bonds is 19. The fraction of sp³-hybridized carbons (Fsp3) is 0.815. The van der Waals surface area contributed by atoms with Crippen molar-refractivity contribution in [3.05, 3.63) is 0 Å². The second-order valence-electron chi connectivity index (χ2n) is 10.7. The number of ketones is 2. The quantitative estimate of drug-likeness (QED) is 0.108. The largest absolute Gasteiger partial charge is 0.273 e. The van der Waals surface area contributed by atoms with Gasteiger partial charge in [0.25, 0.3) is 0 Å². The Bertz CT molecular complexity index is 877. The van der Waals surface area contributed by atoms with Crippen LogP contribution in [0.25, 0.3) is 0 Å². The molecular formula is C27H46BN4O5PS. The third-order valence-corrected chi connectivity index (χ3v) is 9.14. The molecular weight excluding hydrogens is 534 g/mol. The van der Waals surface area contributed by atoms with E-state index in [-0.39, 0.29) is 52.8 Å². The van der Waals surface area contributed by atoms with E-state index in [2.05, 4.69) is 31.2 Å². The van der Waals surface area contributed by atoms with Crippen molar-refractivity contribution >= 4 is 57.6 Å². The molecule has 12 heteroatoms. The van der Waals surface area contributed by atoms with Crippen molar-refractivity contribution in [1.82, 2.24) is 15.0 Å². The summed E-state index contributed by atoms with van der Waals surface area (Å²) in [5.74, 6) is 0.484. The van der Waals surface area contributed by atoms with Crippen molar-refractivity contribution in [3.63, 3.8) is 0 Å². The predicted octanol–water partition coefficient (Wildman–Crippen LogP) is 3.57. The molecule has 3 amide bonds. The minimum Gasteiger partial charge on any atom is -0.273 e. The summed E-state index contributed by atoms with van der Waals surface area (Å²) in [4.78, 5) is 64.9. The Morgan fingerprint density at radius 2 is 1.72 bits per heavy atom. The number of nitrogens with one attached hydrogen (secondary N) is 1. The number of carbonyl (C=O) groups excluding carboxylic acids is 5. The van der Waals surface area contributed by atoms with Gasteiger partial charge in [-0.25, -0.2) is 0 Å². The number of likely N-dealkylation sites (tertiary alicyclic amines) is 1. The van der Waals surface area contributed by atoms with Crippen molar-refractivity contribution in [3.8, 4) is 0 Å². The van der Waals surface area contributed by atoms with Gasteiger partial charge in [0.1, 0.15) is 5.78 Å². The van der Waals surface area contributed by atoms with E-state index in [0.717, 1.165) is 76.6 Å². The molecule has 3 unspecified atom stereocenters. The number of hydrogen-bond donors (Lipinski definition) is 1. The van der Waals surface area contributed by atoms with Gasteiger partial charge in [0.15, 0.2) is 0 Å². The first-order valence-corrected chi connectivity index (χ1v) is 16.1. The normalized spacial score (nSPS) is 21.5. The van der Waals surface area contributed by atoms with Gasteiger partial charge in [-0.3, -0.25) is 19.3 Å². The summed E-state index contributed by atoms with van der Waals surface area (Å²) in [6, 6.07) is 0. The molecule has 4 atom stereocenters. The maximum Gasteiger partial charge on any atom is 0.242 e. The minimum absolute atomic E-state index is 0.0877. The van der Waals surface area contributed by atoms with Gasteiger partial charge in [-0.2, -0.15) is 0 Å². The first-order valence-electron chi connectivity index (χ1n) is 14.5. The molecule has 1 aliphatic carbocycles. The fourth-order valence-electron chi connectivity index (χ4n) is 5.47. The zero-order valence-electron chi connectivity index (χ0n) is 23.7. The Morgan fingerprint density at radius 3 is 2.41 bits per heavy atom. The Kier molecular flexibility index (Phi) is 16.3. The second kappa shape index (κ2) is 18.8. The molecule has 1 N–H and O–H groups in total. The number of unbranched alkanes of at least 4 members (excludes halogenated alkanes) is 2. The average molecular weight is 581 g/mol. The number of Topliss-reactive ketones (excluding diaryl/α,β-unsaturated/α-hetero) is 2. The SMILES string of the molecule is CCN1C(=O)CC(SCCCC(=O)CCCCCN(C)CCCC(=O)C2CCCC[C@H]2C(=O)NB=NP)C1=O. The molecule has 0 radical (unpaired) electrons. The monoisotopic (exact) mass is 580 g/mol. The summed E-state index contributed by atoms with van der Waals surface area (Å²) in [7, 11) is 5.61. The van der Waals surface area contributed by atoms with Crippen LogP contribution in [-0.4, -0.2) is 84.0 Å². The van der Waals surface area contributed by atoms with E-state index in [1.807, 2.05) is 6.92 Å². The van der Waals surface area contributed by atoms with Gasteiger partial charge >= 0.3 is 136 Å². The molecule has 2 fully saturated rings. The molecule has 1 saturated heterocycles. The smallest absolute Gasteiger partial charge is 0.242 e. The molecule has 2 aliphatic rings. The van der Waals surface area contributed by atoms with Gasteiger partial charge < -0.3 is 0 Å². The molecule has 1 aliphatic heterocycles. The summed E-state index contributed by atoms with van der Waals surface area (Å²) in [5, 5.41) is 2.39. The van der Waals surface area contributed by atoms with Crippen LogP contribution in [0.4, 0.5) is 0 Å². The summed E-state index contributed by atoms with van der Waals surface area (Å²) in [6.07, 6.45) is 9.87. The van der Waals surface area contributed by atoms with Crippen LogP contribution in [0, 0.1) is 11.8 Å². The van der Waals surface area contributed by atoms with E-state index >= 15 is 0 Å². The number of hydrogen-bond acceptors (Lipinski definition) is 8. The van der Waals surface area contributed by atoms with Gasteiger partial charge in [0.2, 0.25) is 11.8 Å². The van der Waals surface area contributed by atoms with Gasteiger partial charge in [0, 0.05) is 25.8 Å².